The van der Waals surface area contributed by atoms with Crippen LogP contribution >= 0.6 is 0 Å². The van der Waals surface area contributed by atoms with E-state index in [1.807, 2.05) is 6.07 Å². The van der Waals surface area contributed by atoms with Crippen LogP contribution in [0.3, 0.4) is 0 Å². The van der Waals surface area contributed by atoms with Gasteiger partial charge in [-0.2, -0.15) is 0 Å². The molecule has 0 aromatic heterocycles. The van der Waals surface area contributed by atoms with Crippen molar-refractivity contribution in [3.8, 4) is 0 Å². The SMILES string of the molecule is COC(C(=O)Nc1cc(N)ccc1F)c1ccccc1. The Hall–Kier alpha value is -2.40. The van der Waals surface area contributed by atoms with Crippen molar-refractivity contribution in [3.05, 3.63) is 59.9 Å². The van der Waals surface area contributed by atoms with Gasteiger partial charge in [0.1, 0.15) is 5.82 Å². The number of halogens is 1. The van der Waals surface area contributed by atoms with Gasteiger partial charge in [0.2, 0.25) is 0 Å². The van der Waals surface area contributed by atoms with Gasteiger partial charge in [-0.3, -0.25) is 4.79 Å². The van der Waals surface area contributed by atoms with Crippen LogP contribution in [0.5, 0.6) is 0 Å². The Bertz CT molecular complexity index is 602. The number of hydrogen-bond donors (Lipinski definition) is 2. The maximum Gasteiger partial charge on any atom is 0.258 e. The molecule has 104 valence electrons. The number of carbonyl (C=O) groups excluding carboxylic acids is 1. The zero-order chi connectivity index (χ0) is 14.5. The van der Waals surface area contributed by atoms with Crippen LogP contribution in [0.2, 0.25) is 0 Å². The van der Waals surface area contributed by atoms with Crippen LogP contribution in [0.1, 0.15) is 11.7 Å². The monoisotopic (exact) mass is 274 g/mol. The fourth-order valence-electron chi connectivity index (χ4n) is 1.86. The van der Waals surface area contributed by atoms with Crippen molar-refractivity contribution in [1.29, 1.82) is 0 Å². The quantitative estimate of drug-likeness (QED) is 0.842. The predicted octanol–water partition coefficient (Wildman–Crippen LogP) is 2.73. The van der Waals surface area contributed by atoms with Gasteiger partial charge in [0.15, 0.2) is 6.10 Å². The molecule has 2 aromatic carbocycles. The van der Waals surface area contributed by atoms with Crippen molar-refractivity contribution in [3.63, 3.8) is 0 Å². The van der Waals surface area contributed by atoms with Gasteiger partial charge in [-0.25, -0.2) is 4.39 Å². The normalized spacial score (nSPS) is 11.9. The highest BCUT2D eigenvalue weighted by atomic mass is 19.1. The summed E-state index contributed by atoms with van der Waals surface area (Å²) in [5.74, 6) is -1.00. The minimum absolute atomic E-state index is 0.0352. The van der Waals surface area contributed by atoms with Crippen molar-refractivity contribution in [2.75, 3.05) is 18.2 Å². The number of nitrogen functional groups attached to an aromatic ring is 1. The zero-order valence-corrected chi connectivity index (χ0v) is 11.0. The molecule has 0 radical (unpaired) electrons. The molecule has 0 saturated heterocycles. The number of nitrogens with two attached hydrogens (primary N) is 1. The summed E-state index contributed by atoms with van der Waals surface area (Å²) in [5.41, 5.74) is 6.67. The number of amides is 1. The van der Waals surface area contributed by atoms with E-state index in [1.54, 1.807) is 24.3 Å². The van der Waals surface area contributed by atoms with E-state index >= 15 is 0 Å². The summed E-state index contributed by atoms with van der Waals surface area (Å²) in [6, 6.07) is 13.0. The van der Waals surface area contributed by atoms with Crippen molar-refractivity contribution >= 4 is 17.3 Å². The molecule has 0 heterocycles. The minimum atomic E-state index is -0.808. The summed E-state index contributed by atoms with van der Waals surface area (Å²) < 4.78 is 18.8. The lowest BCUT2D eigenvalue weighted by Crippen LogP contribution is -2.23. The molecule has 2 rings (SSSR count). The second-order valence-electron chi connectivity index (χ2n) is 4.25. The summed E-state index contributed by atoms with van der Waals surface area (Å²) in [4.78, 5) is 12.2. The summed E-state index contributed by atoms with van der Waals surface area (Å²) in [6.45, 7) is 0. The molecule has 1 unspecified atom stereocenters. The van der Waals surface area contributed by atoms with E-state index in [0.717, 1.165) is 0 Å². The fourth-order valence-corrected chi connectivity index (χ4v) is 1.86. The number of ether oxygens (including phenoxy) is 1. The lowest BCUT2D eigenvalue weighted by atomic mass is 10.1. The first-order chi connectivity index (χ1) is 9.61. The van der Waals surface area contributed by atoms with Crippen molar-refractivity contribution in [1.82, 2.24) is 0 Å². The number of hydrogen-bond acceptors (Lipinski definition) is 3. The molecule has 0 aliphatic carbocycles. The third-order valence-electron chi connectivity index (χ3n) is 2.82. The largest absolute Gasteiger partial charge is 0.399 e. The van der Waals surface area contributed by atoms with E-state index in [-0.39, 0.29) is 5.69 Å². The molecule has 5 heteroatoms. The number of methoxy groups -OCH3 is 1. The number of benzene rings is 2. The van der Waals surface area contributed by atoms with Crippen LogP contribution in [-0.4, -0.2) is 13.0 Å². The minimum Gasteiger partial charge on any atom is -0.399 e. The molecule has 1 atom stereocenters. The van der Waals surface area contributed by atoms with Crippen LogP contribution in [0.15, 0.2) is 48.5 Å². The van der Waals surface area contributed by atoms with Crippen LogP contribution in [-0.2, 0) is 9.53 Å². The third-order valence-corrected chi connectivity index (χ3v) is 2.82. The number of anilines is 2. The first kappa shape index (κ1) is 14.0. The van der Waals surface area contributed by atoms with Gasteiger partial charge in [-0.05, 0) is 23.8 Å². The molecular formula is C15H15FN2O2. The Morgan fingerprint density at radius 1 is 1.25 bits per heavy atom. The third kappa shape index (κ3) is 3.13. The summed E-state index contributed by atoms with van der Waals surface area (Å²) in [5, 5.41) is 2.48. The second-order valence-corrected chi connectivity index (χ2v) is 4.25. The Kier molecular flexibility index (Phi) is 4.32. The molecule has 3 N–H and O–H groups in total. The number of rotatable bonds is 4. The van der Waals surface area contributed by atoms with Crippen LogP contribution < -0.4 is 11.1 Å². The summed E-state index contributed by atoms with van der Waals surface area (Å²) in [7, 11) is 1.42. The van der Waals surface area contributed by atoms with E-state index in [9.17, 15) is 9.18 Å². The Balaban J connectivity index is 2.20. The molecule has 0 aliphatic heterocycles. The average molecular weight is 274 g/mol. The van der Waals surface area contributed by atoms with E-state index in [1.165, 1.54) is 25.3 Å². The standard InChI is InChI=1S/C15H15FN2O2/c1-20-14(10-5-3-2-4-6-10)15(19)18-13-9-11(17)7-8-12(13)16/h2-9,14H,17H2,1H3,(H,18,19). The average Bonchev–Trinajstić information content (AvgIpc) is 2.45. The lowest BCUT2D eigenvalue weighted by Gasteiger charge is -2.16. The van der Waals surface area contributed by atoms with Crippen LogP contribution in [0.4, 0.5) is 15.8 Å². The van der Waals surface area contributed by atoms with Gasteiger partial charge >= 0.3 is 0 Å². The van der Waals surface area contributed by atoms with E-state index in [4.69, 9.17) is 10.5 Å². The molecule has 0 fully saturated rings. The maximum absolute atomic E-state index is 13.6. The van der Waals surface area contributed by atoms with Gasteiger partial charge in [0.05, 0.1) is 5.69 Å². The van der Waals surface area contributed by atoms with E-state index < -0.39 is 17.8 Å². The Morgan fingerprint density at radius 3 is 2.60 bits per heavy atom. The number of carbonyl (C=O) groups is 1. The molecule has 0 saturated carbocycles. The molecule has 0 bridgehead atoms. The fraction of sp³-hybridized carbons (Fsp3) is 0.133. The molecule has 20 heavy (non-hydrogen) atoms. The molecule has 2 aromatic rings. The smallest absolute Gasteiger partial charge is 0.258 e. The van der Waals surface area contributed by atoms with Crippen molar-refractivity contribution < 1.29 is 13.9 Å². The summed E-state index contributed by atoms with van der Waals surface area (Å²) in [6.07, 6.45) is -0.808. The van der Waals surface area contributed by atoms with Gasteiger partial charge in [0, 0.05) is 12.8 Å². The lowest BCUT2D eigenvalue weighted by molar-refractivity contribution is -0.126. The van der Waals surface area contributed by atoms with Gasteiger partial charge < -0.3 is 15.8 Å². The second kappa shape index (κ2) is 6.16. The highest BCUT2D eigenvalue weighted by Gasteiger charge is 2.20. The summed E-state index contributed by atoms with van der Waals surface area (Å²) >= 11 is 0. The zero-order valence-electron chi connectivity index (χ0n) is 11.0. The highest BCUT2D eigenvalue weighted by Crippen LogP contribution is 2.22. The van der Waals surface area contributed by atoms with Crippen LogP contribution in [0.25, 0.3) is 0 Å². The highest BCUT2D eigenvalue weighted by molar-refractivity contribution is 5.95. The first-order valence-electron chi connectivity index (χ1n) is 6.05. The van der Waals surface area contributed by atoms with E-state index in [2.05, 4.69) is 5.32 Å². The molecule has 4 nitrogen and oxygen atoms in total. The van der Waals surface area contributed by atoms with Gasteiger partial charge in [0.25, 0.3) is 5.91 Å². The first-order valence-corrected chi connectivity index (χ1v) is 6.05. The maximum atomic E-state index is 13.6. The molecule has 1 amide bonds. The van der Waals surface area contributed by atoms with Crippen molar-refractivity contribution in [2.24, 2.45) is 0 Å². The van der Waals surface area contributed by atoms with E-state index in [0.29, 0.717) is 11.3 Å². The van der Waals surface area contributed by atoms with Crippen molar-refractivity contribution in [2.45, 2.75) is 6.10 Å². The topological polar surface area (TPSA) is 64.3 Å². The Labute approximate surface area is 116 Å². The molecule has 0 spiro atoms. The van der Waals surface area contributed by atoms with Gasteiger partial charge in [-0.15, -0.1) is 0 Å². The Morgan fingerprint density at radius 2 is 1.95 bits per heavy atom. The number of nitrogens with one attached hydrogen (secondary N) is 1. The molecular weight excluding hydrogens is 259 g/mol. The van der Waals surface area contributed by atoms with Crippen LogP contribution in [0, 0.1) is 5.82 Å². The van der Waals surface area contributed by atoms with Gasteiger partial charge in [-0.1, -0.05) is 30.3 Å². The predicted molar refractivity (Wildman–Crippen MR) is 75.6 cm³/mol. The molecule has 0 aliphatic rings.